The number of ether oxygens (including phenoxy) is 5. The molecule has 1 aliphatic carbocycles. The van der Waals surface area contributed by atoms with Crippen molar-refractivity contribution in [3.8, 4) is 28.7 Å². The van der Waals surface area contributed by atoms with Gasteiger partial charge in [-0.05, 0) is 49.8 Å². The van der Waals surface area contributed by atoms with Gasteiger partial charge >= 0.3 is 11.8 Å². The van der Waals surface area contributed by atoms with Crippen LogP contribution in [0, 0.1) is 36.5 Å². The van der Waals surface area contributed by atoms with Crippen molar-refractivity contribution in [2.24, 2.45) is 29.6 Å². The Bertz CT molecular complexity index is 2760. The standard InChI is InChI=1S/C49H56N4O12/c1-24-12-11-13-25(2)48(59)52-40-43(57)37-36(39-46(40)64-35-22-32(14-15-33(35)51-39)61-21-19-53-18-17-50-23-53)38-45(30(7)42(37)56)65-49(9,47(38)58)62-20-16-34(60-10)29(6)44(63-31(8)54)28(5)26(3)27(4)41(24)55/h11-18,20,22-24,26-29,34,41,44,55-56H,19,21H2,1-10H3,(H,52,59)/b12-11+,20-16+,25-13-/t24-,26+,27-,28+,29+,34-,41-,44-,49-/m0/s1. The number of nitrogens with zero attached hydrogens (tertiary/aromatic N) is 3. The number of methoxy groups -OCH3 is 1. The summed E-state index contributed by atoms with van der Waals surface area (Å²) in [5, 5.41) is 25.7. The highest BCUT2D eigenvalue weighted by Crippen LogP contribution is 2.50. The minimum atomic E-state index is -2.01. The fourth-order valence-corrected chi connectivity index (χ4v) is 8.78. The molecule has 4 aliphatic rings. The summed E-state index contributed by atoms with van der Waals surface area (Å²) in [7, 11) is 1.50. The predicted molar refractivity (Wildman–Crippen MR) is 242 cm³/mol. The highest BCUT2D eigenvalue weighted by atomic mass is 16.7. The molecule has 0 fully saturated rings. The summed E-state index contributed by atoms with van der Waals surface area (Å²) in [6.45, 7) is 16.3. The first-order chi connectivity index (χ1) is 30.9. The van der Waals surface area contributed by atoms with E-state index < -0.39 is 58.9 Å². The number of hydrogen-bond donors (Lipinski definition) is 3. The third kappa shape index (κ3) is 8.84. The number of aromatic hydroxyl groups is 1. The Morgan fingerprint density at radius 3 is 2.46 bits per heavy atom. The van der Waals surface area contributed by atoms with Crippen molar-refractivity contribution < 1.29 is 52.7 Å². The lowest BCUT2D eigenvalue weighted by molar-refractivity contribution is -0.157. The van der Waals surface area contributed by atoms with E-state index in [2.05, 4.69) is 10.3 Å². The number of aliphatic hydroxyl groups excluding tert-OH is 1. The molecule has 3 aromatic rings. The van der Waals surface area contributed by atoms with Gasteiger partial charge in [0.2, 0.25) is 5.43 Å². The summed E-state index contributed by atoms with van der Waals surface area (Å²) in [5.74, 6) is -5.55. The molecule has 16 nitrogen and oxygen atoms in total. The van der Waals surface area contributed by atoms with Crippen LogP contribution in [0.5, 0.6) is 17.2 Å². The van der Waals surface area contributed by atoms with E-state index in [1.807, 2.05) is 45.4 Å². The fourth-order valence-electron chi connectivity index (χ4n) is 8.78. The Morgan fingerprint density at radius 1 is 1.02 bits per heavy atom. The van der Waals surface area contributed by atoms with Crippen LogP contribution in [-0.4, -0.2) is 80.2 Å². The Hall–Kier alpha value is -6.52. The van der Waals surface area contributed by atoms with Gasteiger partial charge in [-0.3, -0.25) is 19.2 Å². The van der Waals surface area contributed by atoms with Gasteiger partial charge in [0.15, 0.2) is 11.3 Å². The van der Waals surface area contributed by atoms with Crippen LogP contribution in [0.1, 0.15) is 71.3 Å². The van der Waals surface area contributed by atoms with Crippen molar-refractivity contribution in [3.05, 3.63) is 94.4 Å². The number of ketones is 1. The van der Waals surface area contributed by atoms with Crippen LogP contribution in [0.25, 0.3) is 33.3 Å². The normalized spacial score (nSPS) is 28.4. The molecule has 2 aromatic carbocycles. The average Bonchev–Trinajstić information content (AvgIpc) is 3.90. The molecule has 9 atom stereocenters. The second kappa shape index (κ2) is 18.5. The lowest BCUT2D eigenvalue weighted by Crippen LogP contribution is -2.43. The van der Waals surface area contributed by atoms with Gasteiger partial charge in [0.25, 0.3) is 11.7 Å². The number of phenols is 1. The second-order valence-corrected chi connectivity index (χ2v) is 17.4. The van der Waals surface area contributed by atoms with E-state index in [-0.39, 0.29) is 79.6 Å². The van der Waals surface area contributed by atoms with Gasteiger partial charge in [-0.15, -0.1) is 0 Å². The Morgan fingerprint density at radius 2 is 1.77 bits per heavy atom. The average molecular weight is 893 g/mol. The maximum absolute atomic E-state index is 14.8. The summed E-state index contributed by atoms with van der Waals surface area (Å²) >= 11 is 0. The lowest BCUT2D eigenvalue weighted by atomic mass is 9.73. The van der Waals surface area contributed by atoms with Crippen molar-refractivity contribution in [3.63, 3.8) is 0 Å². The molecular weight excluding hydrogens is 837 g/mol. The van der Waals surface area contributed by atoms with E-state index in [1.165, 1.54) is 34.1 Å². The van der Waals surface area contributed by atoms with Gasteiger partial charge in [-0.1, -0.05) is 52.8 Å². The van der Waals surface area contributed by atoms with Crippen LogP contribution in [0.4, 0.5) is 5.69 Å². The number of aromatic nitrogens is 3. The molecule has 1 amide bonds. The Balaban J connectivity index is 1.40. The number of esters is 1. The predicted octanol–water partition coefficient (Wildman–Crippen LogP) is 7.50. The number of carbonyl (C=O) groups is 3. The number of phenolic OH excluding ortho intramolecular Hbond substituents is 1. The number of rotatable bonds is 6. The topological polar surface area (TPSA) is 211 Å². The number of fused-ring (bicyclic) bond motifs is 2. The monoisotopic (exact) mass is 892 g/mol. The maximum atomic E-state index is 14.8. The Kier molecular flexibility index (Phi) is 13.2. The number of carbonyl (C=O) groups excluding carboxylic acids is 3. The number of anilines is 1. The number of hydrogen-bond acceptors (Lipinski definition) is 14. The summed E-state index contributed by atoms with van der Waals surface area (Å²) in [4.78, 5) is 64.9. The number of allylic oxidation sites excluding steroid dienone is 2. The quantitative estimate of drug-likeness (QED) is 0.0857. The fraction of sp³-hybridized carbons (Fsp3) is 0.429. The van der Waals surface area contributed by atoms with Crippen LogP contribution in [-0.2, 0) is 30.3 Å². The van der Waals surface area contributed by atoms with E-state index >= 15 is 0 Å². The van der Waals surface area contributed by atoms with Crippen LogP contribution >= 0.6 is 0 Å². The molecule has 0 unspecified atom stereocenters. The number of benzene rings is 3. The molecule has 0 spiro atoms. The minimum Gasteiger partial charge on any atom is -0.507 e. The first-order valence-electron chi connectivity index (χ1n) is 21.7. The molecule has 4 heterocycles. The van der Waals surface area contributed by atoms with Gasteiger partial charge in [-0.2, -0.15) is 0 Å². The number of imidazole rings is 1. The van der Waals surface area contributed by atoms with Gasteiger partial charge in [0.1, 0.15) is 46.9 Å². The molecule has 7 rings (SSSR count). The van der Waals surface area contributed by atoms with Gasteiger partial charge < -0.3 is 48.2 Å². The van der Waals surface area contributed by atoms with Gasteiger partial charge in [-0.25, -0.2) is 9.97 Å². The van der Waals surface area contributed by atoms with Crippen LogP contribution < -0.4 is 20.2 Å². The van der Waals surface area contributed by atoms with Crippen molar-refractivity contribution in [1.29, 1.82) is 0 Å². The molecule has 0 saturated carbocycles. The molecule has 344 valence electrons. The summed E-state index contributed by atoms with van der Waals surface area (Å²) in [6, 6.07) is 4.96. The summed E-state index contributed by atoms with van der Waals surface area (Å²) in [6.07, 6.45) is 10.9. The van der Waals surface area contributed by atoms with E-state index in [0.717, 1.165) is 0 Å². The molecular formula is C49H56N4O12. The summed E-state index contributed by atoms with van der Waals surface area (Å²) in [5.41, 5.74) is -0.457. The van der Waals surface area contributed by atoms with Crippen molar-refractivity contribution in [2.45, 2.75) is 93.0 Å². The molecule has 1 aromatic heterocycles. The highest BCUT2D eigenvalue weighted by molar-refractivity contribution is 6.22. The van der Waals surface area contributed by atoms with Crippen molar-refractivity contribution >= 4 is 45.2 Å². The van der Waals surface area contributed by atoms with E-state index in [1.54, 1.807) is 62.0 Å². The Labute approximate surface area is 376 Å². The number of amides is 1. The van der Waals surface area contributed by atoms with Gasteiger partial charge in [0.05, 0.1) is 42.3 Å². The third-order valence-corrected chi connectivity index (χ3v) is 13.1. The number of Topliss-reactive ketones (excluding diaryl/α,β-unsaturated/α-hetero) is 1. The van der Waals surface area contributed by atoms with Crippen LogP contribution in [0.3, 0.4) is 0 Å². The van der Waals surface area contributed by atoms with Crippen LogP contribution in [0.2, 0.25) is 0 Å². The van der Waals surface area contributed by atoms with Crippen LogP contribution in [0.15, 0.2) is 82.3 Å². The van der Waals surface area contributed by atoms with Crippen molar-refractivity contribution in [1.82, 2.24) is 14.5 Å². The molecule has 4 bridgehead atoms. The SMILES string of the molecule is CO[C@H]1/C=C/O[C@@]2(C)Oc3c(C)c(O)c4c(=O)c(c5oc6cc(OCCn7ccnc7)ccc6nc-5c4c3C2=O)NC(=O)/C(C)=C\C=C\[C@H](C)[C@H](O)[C@@H](C)[C@@H](C)[C@@H](C)[C@H](OC(C)=O)[C@@H]1C. The van der Waals surface area contributed by atoms with E-state index in [9.17, 15) is 29.4 Å². The van der Waals surface area contributed by atoms with Gasteiger partial charge in [0, 0.05) is 67.8 Å². The number of nitrogens with one attached hydrogen (secondary N) is 1. The smallest absolute Gasteiger partial charge is 0.312 e. The molecule has 0 radical (unpaired) electrons. The first-order valence-corrected chi connectivity index (χ1v) is 21.7. The summed E-state index contributed by atoms with van der Waals surface area (Å²) < 4.78 is 38.5. The first kappa shape index (κ1) is 46.5. The zero-order valence-corrected chi connectivity index (χ0v) is 38.2. The lowest BCUT2D eigenvalue weighted by Gasteiger charge is -2.39. The zero-order valence-electron chi connectivity index (χ0n) is 38.2. The molecule has 3 N–H and O–H groups in total. The molecule has 65 heavy (non-hydrogen) atoms. The maximum Gasteiger partial charge on any atom is 0.312 e. The molecule has 3 aliphatic heterocycles. The van der Waals surface area contributed by atoms with E-state index in [0.29, 0.717) is 24.4 Å². The molecule has 0 saturated heterocycles. The number of aliphatic hydroxyl groups is 1. The van der Waals surface area contributed by atoms with E-state index in [4.69, 9.17) is 33.1 Å². The highest BCUT2D eigenvalue weighted by Gasteiger charge is 2.50. The van der Waals surface area contributed by atoms with Crippen molar-refractivity contribution in [2.75, 3.05) is 19.0 Å². The zero-order chi connectivity index (χ0) is 47.1. The third-order valence-electron chi connectivity index (χ3n) is 13.1. The largest absolute Gasteiger partial charge is 0.507 e. The second-order valence-electron chi connectivity index (χ2n) is 17.4. The minimum absolute atomic E-state index is 0.0134. The molecule has 16 heteroatoms.